The van der Waals surface area contributed by atoms with Crippen molar-refractivity contribution < 1.29 is 0 Å². The summed E-state index contributed by atoms with van der Waals surface area (Å²) in [6.45, 7) is 16.7. The van der Waals surface area contributed by atoms with E-state index in [0.717, 1.165) is 17.8 Å². The van der Waals surface area contributed by atoms with Crippen LogP contribution in [-0.2, 0) is 0 Å². The fourth-order valence-corrected chi connectivity index (χ4v) is 4.12. The molecule has 0 amide bonds. The Kier molecular flexibility index (Phi) is 3.66. The summed E-state index contributed by atoms with van der Waals surface area (Å²) in [4.78, 5) is 0. The quantitative estimate of drug-likeness (QED) is 0.734. The molecule has 0 aliphatic heterocycles. The molecule has 18 heavy (non-hydrogen) atoms. The van der Waals surface area contributed by atoms with Crippen LogP contribution in [0.3, 0.4) is 0 Å². The highest BCUT2D eigenvalue weighted by molar-refractivity contribution is 5.13. The average Bonchev–Trinajstić information content (AvgIpc) is 2.59. The summed E-state index contributed by atoms with van der Waals surface area (Å²) in [7, 11) is 0. The maximum Gasteiger partial charge on any atom is -0.000977 e. The molecule has 1 nitrogen and oxygen atoms in total. The lowest BCUT2D eigenvalue weighted by Crippen LogP contribution is -2.28. The maximum atomic E-state index is 3.74. The van der Waals surface area contributed by atoms with E-state index in [9.17, 15) is 0 Å². The van der Waals surface area contributed by atoms with Crippen LogP contribution < -0.4 is 5.32 Å². The van der Waals surface area contributed by atoms with Crippen LogP contribution in [0, 0.1) is 28.6 Å². The first-order chi connectivity index (χ1) is 8.25. The van der Waals surface area contributed by atoms with Gasteiger partial charge in [0.15, 0.2) is 0 Å². The Bertz CT molecular complexity index is 324. The van der Waals surface area contributed by atoms with Crippen LogP contribution in [0.25, 0.3) is 0 Å². The number of allylic oxidation sites excluding steroid dienone is 2. The van der Waals surface area contributed by atoms with Gasteiger partial charge in [0.05, 0.1) is 0 Å². The van der Waals surface area contributed by atoms with Crippen LogP contribution in [-0.4, -0.2) is 13.1 Å². The predicted molar refractivity (Wildman–Crippen MR) is 79.6 cm³/mol. The zero-order chi connectivity index (χ0) is 13.6. The molecule has 0 aromatic carbocycles. The smallest absolute Gasteiger partial charge is 0.000977 e. The third-order valence-electron chi connectivity index (χ3n) is 5.99. The van der Waals surface area contributed by atoms with Gasteiger partial charge in [-0.2, -0.15) is 0 Å². The molecule has 2 aliphatic rings. The van der Waals surface area contributed by atoms with Gasteiger partial charge in [-0.3, -0.25) is 0 Å². The highest BCUT2D eigenvalue weighted by atomic mass is 14.9. The van der Waals surface area contributed by atoms with Gasteiger partial charge >= 0.3 is 0 Å². The van der Waals surface area contributed by atoms with Gasteiger partial charge in [0.2, 0.25) is 0 Å². The Morgan fingerprint density at radius 3 is 2.28 bits per heavy atom. The van der Waals surface area contributed by atoms with Crippen LogP contribution in [0.1, 0.15) is 54.4 Å². The highest BCUT2D eigenvalue weighted by Crippen LogP contribution is 2.67. The second kappa shape index (κ2) is 4.67. The Morgan fingerprint density at radius 2 is 1.78 bits per heavy atom. The fourth-order valence-electron chi connectivity index (χ4n) is 4.12. The lowest BCUT2D eigenvalue weighted by atomic mass is 9.84. The Labute approximate surface area is 113 Å². The summed E-state index contributed by atoms with van der Waals surface area (Å²) in [5.41, 5.74) is 2.64. The topological polar surface area (TPSA) is 12.0 Å². The van der Waals surface area contributed by atoms with Crippen LogP contribution >= 0.6 is 0 Å². The van der Waals surface area contributed by atoms with Crippen molar-refractivity contribution in [2.45, 2.75) is 54.4 Å². The molecule has 2 unspecified atom stereocenters. The average molecular weight is 249 g/mol. The number of hydrogen-bond donors (Lipinski definition) is 1. The van der Waals surface area contributed by atoms with Crippen molar-refractivity contribution in [3.05, 3.63) is 11.6 Å². The van der Waals surface area contributed by atoms with Crippen LogP contribution in [0.4, 0.5) is 0 Å². The van der Waals surface area contributed by atoms with E-state index < -0.39 is 0 Å². The predicted octanol–water partition coefficient (Wildman–Crippen LogP) is 4.25. The van der Waals surface area contributed by atoms with Crippen LogP contribution in [0.5, 0.6) is 0 Å². The van der Waals surface area contributed by atoms with E-state index in [1.165, 1.54) is 25.9 Å². The summed E-state index contributed by atoms with van der Waals surface area (Å²) in [5, 5.41) is 3.74. The van der Waals surface area contributed by atoms with Gasteiger partial charge in [0.1, 0.15) is 0 Å². The van der Waals surface area contributed by atoms with Crippen LogP contribution in [0.2, 0.25) is 0 Å². The number of rotatable bonds is 4. The minimum Gasteiger partial charge on any atom is -0.316 e. The van der Waals surface area contributed by atoms with E-state index in [-0.39, 0.29) is 0 Å². The van der Waals surface area contributed by atoms with Gasteiger partial charge in [-0.1, -0.05) is 46.3 Å². The second-order valence-corrected chi connectivity index (χ2v) is 7.95. The molecule has 2 aliphatic carbocycles. The van der Waals surface area contributed by atoms with Crippen LogP contribution in [0.15, 0.2) is 11.6 Å². The third-order valence-corrected chi connectivity index (χ3v) is 5.99. The molecule has 104 valence electrons. The zero-order valence-corrected chi connectivity index (χ0v) is 13.1. The molecule has 1 fully saturated rings. The lowest BCUT2D eigenvalue weighted by Gasteiger charge is -2.25. The van der Waals surface area contributed by atoms with Crippen molar-refractivity contribution >= 4 is 0 Å². The Balaban J connectivity index is 1.73. The number of nitrogens with one attached hydrogen (secondary N) is 1. The zero-order valence-electron chi connectivity index (χ0n) is 13.1. The van der Waals surface area contributed by atoms with E-state index in [2.05, 4.69) is 52.9 Å². The van der Waals surface area contributed by atoms with Gasteiger partial charge in [-0.25, -0.2) is 0 Å². The first-order valence-electron chi connectivity index (χ1n) is 7.63. The first kappa shape index (κ1) is 14.1. The molecule has 0 aromatic heterocycles. The van der Waals surface area contributed by atoms with Gasteiger partial charge in [0.25, 0.3) is 0 Å². The molecule has 0 bridgehead atoms. The molecular weight excluding hydrogens is 218 g/mol. The molecular formula is C17H31N. The largest absolute Gasteiger partial charge is 0.316 e. The standard InChI is InChI=1S/C17H31N/c1-12-7-13(2)9-14(8-12)10-18-11-15-16(3,4)17(15,5)6/h7,12,14-15,18H,8-11H2,1-6H3. The normalized spacial score (nSPS) is 34.2. The van der Waals surface area contributed by atoms with E-state index in [1.807, 2.05) is 0 Å². The second-order valence-electron chi connectivity index (χ2n) is 7.95. The lowest BCUT2D eigenvalue weighted by molar-refractivity contribution is 0.373. The Morgan fingerprint density at radius 1 is 1.17 bits per heavy atom. The Hall–Kier alpha value is -0.300. The van der Waals surface area contributed by atoms with Crippen molar-refractivity contribution in [2.24, 2.45) is 28.6 Å². The summed E-state index contributed by atoms with van der Waals surface area (Å²) in [5.74, 6) is 2.48. The minimum absolute atomic E-state index is 0.523. The van der Waals surface area contributed by atoms with Crippen molar-refractivity contribution in [3.8, 4) is 0 Å². The first-order valence-corrected chi connectivity index (χ1v) is 7.63. The molecule has 0 saturated heterocycles. The fraction of sp³-hybridized carbons (Fsp3) is 0.882. The van der Waals surface area contributed by atoms with Crippen molar-refractivity contribution in [1.29, 1.82) is 0 Å². The third kappa shape index (κ3) is 2.52. The van der Waals surface area contributed by atoms with Gasteiger partial charge in [-0.05, 0) is 61.4 Å². The van der Waals surface area contributed by atoms with Gasteiger partial charge in [0, 0.05) is 0 Å². The molecule has 0 radical (unpaired) electrons. The molecule has 1 saturated carbocycles. The summed E-state index contributed by atoms with van der Waals surface area (Å²) >= 11 is 0. The minimum atomic E-state index is 0.523. The van der Waals surface area contributed by atoms with E-state index >= 15 is 0 Å². The highest BCUT2D eigenvalue weighted by Gasteiger charge is 2.63. The molecule has 2 rings (SSSR count). The van der Waals surface area contributed by atoms with E-state index in [0.29, 0.717) is 10.8 Å². The van der Waals surface area contributed by atoms with Crippen molar-refractivity contribution in [2.75, 3.05) is 13.1 Å². The van der Waals surface area contributed by atoms with Gasteiger partial charge < -0.3 is 5.32 Å². The van der Waals surface area contributed by atoms with Gasteiger partial charge in [-0.15, -0.1) is 0 Å². The monoisotopic (exact) mass is 249 g/mol. The molecule has 2 atom stereocenters. The number of hydrogen-bond acceptors (Lipinski definition) is 1. The summed E-state index contributed by atoms with van der Waals surface area (Å²) < 4.78 is 0. The molecule has 1 N–H and O–H groups in total. The van der Waals surface area contributed by atoms with Crippen molar-refractivity contribution in [3.63, 3.8) is 0 Å². The molecule has 1 heteroatoms. The molecule has 0 heterocycles. The molecule has 0 aromatic rings. The summed E-state index contributed by atoms with van der Waals surface area (Å²) in [6.07, 6.45) is 5.11. The maximum absolute atomic E-state index is 3.74. The van der Waals surface area contributed by atoms with E-state index in [1.54, 1.807) is 5.57 Å². The summed E-state index contributed by atoms with van der Waals surface area (Å²) in [6, 6.07) is 0. The molecule has 0 spiro atoms. The van der Waals surface area contributed by atoms with E-state index in [4.69, 9.17) is 0 Å². The SMILES string of the molecule is CC1=CC(C)CC(CNCC2C(C)(C)C2(C)C)C1. The van der Waals surface area contributed by atoms with Crippen molar-refractivity contribution in [1.82, 2.24) is 5.32 Å².